The first-order valence-electron chi connectivity index (χ1n) is 5.56. The lowest BCUT2D eigenvalue weighted by atomic mass is 10.1. The topological polar surface area (TPSA) is 79.8 Å². The van der Waals surface area contributed by atoms with Gasteiger partial charge in [-0.1, -0.05) is 6.08 Å². The maximum Gasteiger partial charge on any atom is 0.267 e. The van der Waals surface area contributed by atoms with Gasteiger partial charge < -0.3 is 10.1 Å². The van der Waals surface area contributed by atoms with Crippen molar-refractivity contribution in [3.63, 3.8) is 0 Å². The summed E-state index contributed by atoms with van der Waals surface area (Å²) in [6.45, 7) is 5.07. The van der Waals surface area contributed by atoms with Crippen molar-refractivity contribution in [1.82, 2.24) is 10.7 Å². The standard InChI is InChI=1S/C11H17N3O3/c1-2-3-7-17-8-6-12-11(16)9-4-5-10(15)14-13-9/h2H,1,3-8H2,(H,12,16)(H,14,15). The Morgan fingerprint density at radius 1 is 1.53 bits per heavy atom. The Balaban J connectivity index is 2.13. The van der Waals surface area contributed by atoms with Crippen LogP contribution in [0.3, 0.4) is 0 Å². The summed E-state index contributed by atoms with van der Waals surface area (Å²) in [5.41, 5.74) is 2.63. The van der Waals surface area contributed by atoms with Crippen LogP contribution in [0.4, 0.5) is 0 Å². The molecule has 0 aromatic rings. The van der Waals surface area contributed by atoms with Crippen molar-refractivity contribution in [1.29, 1.82) is 0 Å². The van der Waals surface area contributed by atoms with E-state index in [9.17, 15) is 9.59 Å². The van der Waals surface area contributed by atoms with Gasteiger partial charge in [0.2, 0.25) is 5.91 Å². The van der Waals surface area contributed by atoms with E-state index in [1.54, 1.807) is 6.08 Å². The molecule has 2 N–H and O–H groups in total. The molecule has 0 bridgehead atoms. The number of amides is 2. The van der Waals surface area contributed by atoms with Gasteiger partial charge in [0, 0.05) is 19.4 Å². The number of nitrogens with zero attached hydrogens (tertiary/aromatic N) is 1. The Labute approximate surface area is 100 Å². The summed E-state index contributed by atoms with van der Waals surface area (Å²) in [5, 5.41) is 6.36. The van der Waals surface area contributed by atoms with Crippen molar-refractivity contribution in [3.05, 3.63) is 12.7 Å². The predicted octanol–water partition coefficient (Wildman–Crippen LogP) is -0.0387. The van der Waals surface area contributed by atoms with E-state index in [0.717, 1.165) is 6.42 Å². The Bertz CT molecular complexity index is 326. The maximum absolute atomic E-state index is 11.5. The Morgan fingerprint density at radius 3 is 3.00 bits per heavy atom. The van der Waals surface area contributed by atoms with E-state index in [1.807, 2.05) is 0 Å². The number of carbonyl (C=O) groups excluding carboxylic acids is 2. The first kappa shape index (κ1) is 13.4. The normalized spacial score (nSPS) is 14.8. The molecule has 17 heavy (non-hydrogen) atoms. The van der Waals surface area contributed by atoms with Crippen molar-refractivity contribution >= 4 is 17.5 Å². The van der Waals surface area contributed by atoms with E-state index in [-0.39, 0.29) is 11.8 Å². The fraction of sp³-hybridized carbons (Fsp3) is 0.545. The molecule has 0 fully saturated rings. The molecule has 0 aliphatic carbocycles. The van der Waals surface area contributed by atoms with Crippen LogP contribution in [-0.2, 0) is 14.3 Å². The lowest BCUT2D eigenvalue weighted by Gasteiger charge is -2.11. The van der Waals surface area contributed by atoms with Crippen molar-refractivity contribution < 1.29 is 14.3 Å². The van der Waals surface area contributed by atoms with Crippen LogP contribution in [0.15, 0.2) is 17.8 Å². The monoisotopic (exact) mass is 239 g/mol. The second kappa shape index (κ2) is 7.56. The van der Waals surface area contributed by atoms with Crippen LogP contribution < -0.4 is 10.7 Å². The Morgan fingerprint density at radius 2 is 2.35 bits per heavy atom. The van der Waals surface area contributed by atoms with E-state index >= 15 is 0 Å². The van der Waals surface area contributed by atoms with Crippen LogP contribution in [0.1, 0.15) is 19.3 Å². The minimum atomic E-state index is -0.252. The SMILES string of the molecule is C=CCCOCCNC(=O)C1=NNC(=O)CC1. The quantitative estimate of drug-likeness (QED) is 0.483. The van der Waals surface area contributed by atoms with Crippen LogP contribution in [0.25, 0.3) is 0 Å². The first-order chi connectivity index (χ1) is 8.24. The molecule has 0 aromatic heterocycles. The van der Waals surface area contributed by atoms with Crippen molar-refractivity contribution in [2.24, 2.45) is 5.10 Å². The molecular weight excluding hydrogens is 222 g/mol. The molecule has 0 atom stereocenters. The zero-order chi connectivity index (χ0) is 12.5. The number of rotatable bonds is 7. The van der Waals surface area contributed by atoms with Gasteiger partial charge in [-0.3, -0.25) is 9.59 Å². The lowest BCUT2D eigenvalue weighted by Crippen LogP contribution is -2.38. The van der Waals surface area contributed by atoms with Crippen LogP contribution in [0, 0.1) is 0 Å². The first-order valence-corrected chi connectivity index (χ1v) is 5.56. The summed E-state index contributed by atoms with van der Waals surface area (Å²) in [7, 11) is 0. The minimum Gasteiger partial charge on any atom is -0.379 e. The van der Waals surface area contributed by atoms with Crippen molar-refractivity contribution in [2.75, 3.05) is 19.8 Å². The summed E-state index contributed by atoms with van der Waals surface area (Å²) < 4.78 is 5.23. The lowest BCUT2D eigenvalue weighted by molar-refractivity contribution is -0.121. The summed E-state index contributed by atoms with van der Waals surface area (Å²) in [6.07, 6.45) is 3.27. The molecule has 0 aromatic carbocycles. The third-order valence-electron chi connectivity index (χ3n) is 2.16. The van der Waals surface area contributed by atoms with Gasteiger partial charge in [-0.15, -0.1) is 6.58 Å². The Kier molecular flexibility index (Phi) is 5.95. The molecule has 0 unspecified atom stereocenters. The molecule has 1 aliphatic rings. The van der Waals surface area contributed by atoms with Gasteiger partial charge in [-0.05, 0) is 6.42 Å². The number of ether oxygens (including phenoxy) is 1. The number of hydrazone groups is 1. The number of carbonyl (C=O) groups is 2. The molecule has 1 aliphatic heterocycles. The third-order valence-corrected chi connectivity index (χ3v) is 2.16. The maximum atomic E-state index is 11.5. The highest BCUT2D eigenvalue weighted by Crippen LogP contribution is 1.99. The van der Waals surface area contributed by atoms with Crippen LogP contribution >= 0.6 is 0 Å². The molecule has 0 spiro atoms. The van der Waals surface area contributed by atoms with Gasteiger partial charge in [-0.2, -0.15) is 5.10 Å². The third kappa shape index (κ3) is 5.26. The fourth-order valence-corrected chi connectivity index (χ4v) is 1.25. The van der Waals surface area contributed by atoms with E-state index in [2.05, 4.69) is 22.4 Å². The second-order valence-electron chi connectivity index (χ2n) is 3.54. The van der Waals surface area contributed by atoms with Gasteiger partial charge in [0.1, 0.15) is 5.71 Å². The molecular formula is C11H17N3O3. The largest absolute Gasteiger partial charge is 0.379 e. The van der Waals surface area contributed by atoms with Crippen LogP contribution in [0.2, 0.25) is 0 Å². The molecule has 6 heteroatoms. The van der Waals surface area contributed by atoms with E-state index in [0.29, 0.717) is 38.3 Å². The smallest absolute Gasteiger partial charge is 0.267 e. The summed E-state index contributed by atoms with van der Waals surface area (Å²) in [6, 6.07) is 0. The van der Waals surface area contributed by atoms with E-state index < -0.39 is 0 Å². The summed E-state index contributed by atoms with van der Waals surface area (Å²) >= 11 is 0. The van der Waals surface area contributed by atoms with E-state index in [1.165, 1.54) is 0 Å². The second-order valence-corrected chi connectivity index (χ2v) is 3.54. The van der Waals surface area contributed by atoms with Crippen molar-refractivity contribution in [2.45, 2.75) is 19.3 Å². The molecule has 1 rings (SSSR count). The highest BCUT2D eigenvalue weighted by Gasteiger charge is 2.17. The highest BCUT2D eigenvalue weighted by atomic mass is 16.5. The van der Waals surface area contributed by atoms with Gasteiger partial charge in [0.05, 0.1) is 13.2 Å². The molecule has 94 valence electrons. The Hall–Kier alpha value is -1.69. The van der Waals surface area contributed by atoms with Gasteiger partial charge in [0.25, 0.3) is 5.91 Å². The van der Waals surface area contributed by atoms with Crippen molar-refractivity contribution in [3.8, 4) is 0 Å². The van der Waals surface area contributed by atoms with Crippen LogP contribution in [0.5, 0.6) is 0 Å². The molecule has 0 saturated carbocycles. The van der Waals surface area contributed by atoms with Crippen LogP contribution in [-0.4, -0.2) is 37.3 Å². The van der Waals surface area contributed by atoms with Gasteiger partial charge >= 0.3 is 0 Å². The zero-order valence-corrected chi connectivity index (χ0v) is 9.70. The number of nitrogens with one attached hydrogen (secondary N) is 2. The van der Waals surface area contributed by atoms with Gasteiger partial charge in [0.15, 0.2) is 0 Å². The molecule has 6 nitrogen and oxygen atoms in total. The van der Waals surface area contributed by atoms with Gasteiger partial charge in [-0.25, -0.2) is 5.43 Å². The predicted molar refractivity (Wildman–Crippen MR) is 63.5 cm³/mol. The molecule has 1 heterocycles. The minimum absolute atomic E-state index is 0.158. The molecule has 0 radical (unpaired) electrons. The number of hydrogen-bond donors (Lipinski definition) is 2. The molecule has 0 saturated heterocycles. The average Bonchev–Trinajstić information content (AvgIpc) is 2.34. The highest BCUT2D eigenvalue weighted by molar-refractivity contribution is 6.39. The number of hydrogen-bond acceptors (Lipinski definition) is 4. The summed E-state index contributed by atoms with van der Waals surface area (Å²) in [5.74, 6) is -0.411. The zero-order valence-electron chi connectivity index (χ0n) is 9.70. The summed E-state index contributed by atoms with van der Waals surface area (Å²) in [4.78, 5) is 22.3. The molecule has 2 amide bonds. The average molecular weight is 239 g/mol. The fourth-order valence-electron chi connectivity index (χ4n) is 1.25. The van der Waals surface area contributed by atoms with E-state index in [4.69, 9.17) is 4.74 Å².